The number of aromatic nitrogens is 2. The topological polar surface area (TPSA) is 65.2 Å². The third-order valence-corrected chi connectivity index (χ3v) is 6.05. The van der Waals surface area contributed by atoms with Gasteiger partial charge in [0.25, 0.3) is 5.56 Å². The van der Waals surface area contributed by atoms with E-state index in [1.54, 1.807) is 13.1 Å². The maximum Gasteiger partial charge on any atom is 0.252 e. The molecule has 1 saturated heterocycles. The molecule has 1 aliphatic heterocycles. The van der Waals surface area contributed by atoms with E-state index in [0.29, 0.717) is 35.4 Å². The van der Waals surface area contributed by atoms with Crippen LogP contribution in [0.3, 0.4) is 0 Å². The summed E-state index contributed by atoms with van der Waals surface area (Å²) in [5.41, 5.74) is 0.924. The summed E-state index contributed by atoms with van der Waals surface area (Å²) >= 11 is 0. The van der Waals surface area contributed by atoms with Crippen LogP contribution in [0.25, 0.3) is 11.0 Å². The molecule has 2 aromatic heterocycles. The van der Waals surface area contributed by atoms with Crippen molar-refractivity contribution in [3.05, 3.63) is 69.4 Å². The highest BCUT2D eigenvalue weighted by atomic mass is 19.1. The Bertz CT molecular complexity index is 1330. The number of pyridine rings is 2. The molecule has 6 nitrogen and oxygen atoms in total. The molecule has 0 unspecified atom stereocenters. The lowest BCUT2D eigenvalue weighted by molar-refractivity contribution is 0.179. The van der Waals surface area contributed by atoms with Crippen molar-refractivity contribution in [2.24, 2.45) is 7.05 Å². The Balaban J connectivity index is 1.70. The first-order valence-corrected chi connectivity index (χ1v) is 10.2. The van der Waals surface area contributed by atoms with Gasteiger partial charge in [-0.2, -0.15) is 5.26 Å². The van der Waals surface area contributed by atoms with Gasteiger partial charge in [0.05, 0.1) is 26.9 Å². The maximum absolute atomic E-state index is 14.4. The fourth-order valence-corrected chi connectivity index (χ4v) is 4.33. The van der Waals surface area contributed by atoms with Gasteiger partial charge >= 0.3 is 0 Å². The van der Waals surface area contributed by atoms with Crippen molar-refractivity contribution in [1.29, 1.82) is 5.26 Å². The minimum atomic E-state index is -2.02. The molecule has 11 heteroatoms. The van der Waals surface area contributed by atoms with Gasteiger partial charge in [0.1, 0.15) is 34.7 Å². The second-order valence-corrected chi connectivity index (χ2v) is 8.16. The summed E-state index contributed by atoms with van der Waals surface area (Å²) in [6, 6.07) is 7.43. The number of hydrogen-bond donors (Lipinski definition) is 0. The van der Waals surface area contributed by atoms with Crippen molar-refractivity contribution in [3.8, 4) is 6.07 Å². The molecule has 1 aliphatic rings. The molecular formula is C22H18B2F3N5O. The predicted molar refractivity (Wildman–Crippen MR) is 120 cm³/mol. The van der Waals surface area contributed by atoms with Crippen molar-refractivity contribution in [1.82, 2.24) is 14.5 Å². The van der Waals surface area contributed by atoms with Crippen LogP contribution in [0.5, 0.6) is 0 Å². The molecule has 1 atom stereocenters. The Hall–Kier alpha value is -3.25. The molecule has 33 heavy (non-hydrogen) atoms. The molecule has 0 spiro atoms. The summed E-state index contributed by atoms with van der Waals surface area (Å²) in [5, 5.41) is 7.23. The van der Waals surface area contributed by atoms with Crippen molar-refractivity contribution < 1.29 is 13.2 Å². The van der Waals surface area contributed by atoms with Crippen LogP contribution in [0.1, 0.15) is 18.2 Å². The van der Waals surface area contributed by atoms with Crippen LogP contribution in [-0.4, -0.2) is 55.8 Å². The van der Waals surface area contributed by atoms with Crippen LogP contribution in [0.4, 0.5) is 18.9 Å². The van der Waals surface area contributed by atoms with Crippen LogP contribution in [-0.2, 0) is 12.4 Å². The van der Waals surface area contributed by atoms with Gasteiger partial charge in [-0.25, -0.2) is 18.2 Å². The van der Waals surface area contributed by atoms with Gasteiger partial charge in [-0.05, 0) is 24.4 Å². The smallest absolute Gasteiger partial charge is 0.252 e. The average Bonchev–Trinajstić information content (AvgIpc) is 2.75. The van der Waals surface area contributed by atoms with Crippen LogP contribution >= 0.6 is 0 Å². The second-order valence-electron chi connectivity index (χ2n) is 8.16. The number of anilines is 1. The number of nitriles is 1. The van der Waals surface area contributed by atoms with E-state index in [2.05, 4.69) is 4.98 Å². The van der Waals surface area contributed by atoms with Crippen LogP contribution < -0.4 is 10.5 Å². The van der Waals surface area contributed by atoms with E-state index in [4.69, 9.17) is 15.7 Å². The minimum Gasteiger partial charge on any atom is -0.364 e. The molecule has 164 valence electrons. The molecule has 3 heterocycles. The fraction of sp³-hybridized carbons (Fsp3) is 0.318. The summed E-state index contributed by atoms with van der Waals surface area (Å²) in [6.07, 6.45) is 0. The zero-order valence-electron chi connectivity index (χ0n) is 18.0. The fourth-order valence-electron chi connectivity index (χ4n) is 4.33. The van der Waals surface area contributed by atoms with E-state index < -0.39 is 28.4 Å². The van der Waals surface area contributed by atoms with Crippen molar-refractivity contribution in [2.75, 3.05) is 24.5 Å². The summed E-state index contributed by atoms with van der Waals surface area (Å²) in [5.74, 6) is -3.40. The van der Waals surface area contributed by atoms with E-state index in [9.17, 15) is 23.2 Å². The number of rotatable bonds is 3. The monoisotopic (exact) mass is 447 g/mol. The number of hydrogen-bond acceptors (Lipinski definition) is 5. The highest BCUT2D eigenvalue weighted by Crippen LogP contribution is 2.32. The standard InChI is InChI=1S/C22H18B2F3N5O/c1-12-11-31(22(23,24)20-15(26)7-13(25)8-16(20)27)5-6-32(12)18-9-19(33)30(2)17-4-3-14(10-28)29-21(17)18/h3-4,7-9,12H,5-6,11H2,1-2H3/t12-/m0/s1. The number of halogens is 3. The molecule has 4 radical (unpaired) electrons. The molecule has 0 aliphatic carbocycles. The van der Waals surface area contributed by atoms with E-state index in [1.165, 1.54) is 21.6 Å². The van der Waals surface area contributed by atoms with Gasteiger partial charge in [0, 0.05) is 56.5 Å². The Morgan fingerprint density at radius 1 is 1.15 bits per heavy atom. The lowest BCUT2D eigenvalue weighted by Gasteiger charge is -2.49. The number of fused-ring (bicyclic) bond motifs is 1. The zero-order chi connectivity index (χ0) is 24.1. The lowest BCUT2D eigenvalue weighted by Crippen LogP contribution is -2.60. The van der Waals surface area contributed by atoms with E-state index in [1.807, 2.05) is 17.9 Å². The quantitative estimate of drug-likeness (QED) is 0.575. The van der Waals surface area contributed by atoms with Crippen molar-refractivity contribution >= 4 is 32.4 Å². The lowest BCUT2D eigenvalue weighted by atomic mass is 9.56. The number of benzene rings is 1. The molecule has 0 bridgehead atoms. The number of piperazine rings is 1. The Morgan fingerprint density at radius 3 is 2.42 bits per heavy atom. The third-order valence-electron chi connectivity index (χ3n) is 6.05. The van der Waals surface area contributed by atoms with Gasteiger partial charge in [0.15, 0.2) is 0 Å². The molecule has 1 fully saturated rings. The van der Waals surface area contributed by atoms with Gasteiger partial charge in [-0.1, -0.05) is 0 Å². The van der Waals surface area contributed by atoms with Crippen LogP contribution in [0.15, 0.2) is 35.1 Å². The first-order chi connectivity index (χ1) is 15.5. The highest BCUT2D eigenvalue weighted by molar-refractivity contribution is 6.39. The van der Waals surface area contributed by atoms with Gasteiger partial charge < -0.3 is 14.4 Å². The number of aryl methyl sites for hydroxylation is 1. The number of nitrogens with zero attached hydrogens (tertiary/aromatic N) is 5. The second kappa shape index (κ2) is 8.27. The molecule has 0 amide bonds. The van der Waals surface area contributed by atoms with Crippen LogP contribution in [0.2, 0.25) is 0 Å². The molecular weight excluding hydrogens is 429 g/mol. The van der Waals surface area contributed by atoms with E-state index >= 15 is 0 Å². The Kier molecular flexibility index (Phi) is 5.74. The summed E-state index contributed by atoms with van der Waals surface area (Å²) in [4.78, 5) is 20.4. The predicted octanol–water partition coefficient (Wildman–Crippen LogP) is 1.88. The normalized spacial score (nSPS) is 17.3. The molecule has 4 rings (SSSR count). The summed E-state index contributed by atoms with van der Waals surface area (Å²) in [6.45, 7) is 2.54. The van der Waals surface area contributed by atoms with Gasteiger partial charge in [-0.15, -0.1) is 0 Å². The summed E-state index contributed by atoms with van der Waals surface area (Å²) < 4.78 is 43.6. The molecule has 1 aromatic carbocycles. The minimum absolute atomic E-state index is 0.192. The zero-order valence-corrected chi connectivity index (χ0v) is 18.0. The Labute approximate surface area is 191 Å². The van der Waals surface area contributed by atoms with E-state index in [-0.39, 0.29) is 30.4 Å². The van der Waals surface area contributed by atoms with Crippen molar-refractivity contribution in [2.45, 2.75) is 18.3 Å². The molecule has 0 saturated carbocycles. The van der Waals surface area contributed by atoms with Gasteiger partial charge in [0.2, 0.25) is 0 Å². The molecule has 3 aromatic rings. The summed E-state index contributed by atoms with van der Waals surface area (Å²) in [7, 11) is 13.9. The first-order valence-electron chi connectivity index (χ1n) is 10.2. The van der Waals surface area contributed by atoms with E-state index in [0.717, 1.165) is 0 Å². The van der Waals surface area contributed by atoms with Crippen LogP contribution in [0, 0.1) is 28.8 Å². The largest absolute Gasteiger partial charge is 0.364 e. The maximum atomic E-state index is 14.4. The van der Waals surface area contributed by atoms with Crippen molar-refractivity contribution in [3.63, 3.8) is 0 Å². The highest BCUT2D eigenvalue weighted by Gasteiger charge is 2.37. The first kappa shape index (κ1) is 22.9. The molecule has 0 N–H and O–H groups in total. The third kappa shape index (κ3) is 3.89. The van der Waals surface area contributed by atoms with Gasteiger partial charge in [-0.3, -0.25) is 4.79 Å². The average molecular weight is 447 g/mol. The SMILES string of the molecule is [B]C([B])(c1c(F)cc(F)cc1F)N1CCN(c2cc(=O)n(C)c3ccc(C#N)nc23)[C@@H](C)C1. The Morgan fingerprint density at radius 2 is 1.82 bits per heavy atom.